The van der Waals surface area contributed by atoms with Crippen molar-refractivity contribution in [3.63, 3.8) is 0 Å². The van der Waals surface area contributed by atoms with Crippen LogP contribution in [0.5, 0.6) is 5.75 Å². The molecule has 27 heavy (non-hydrogen) atoms. The summed E-state index contributed by atoms with van der Waals surface area (Å²) in [5.74, 6) is -0.948. The Hall–Kier alpha value is -2.84. The second-order valence-corrected chi connectivity index (χ2v) is 6.02. The van der Waals surface area contributed by atoms with E-state index in [0.29, 0.717) is 25.3 Å². The first kappa shape index (κ1) is 18.9. The largest absolute Gasteiger partial charge is 0.489 e. The van der Waals surface area contributed by atoms with Crippen molar-refractivity contribution in [3.8, 4) is 5.75 Å². The molecule has 1 fully saturated rings. The van der Waals surface area contributed by atoms with Gasteiger partial charge < -0.3 is 14.4 Å². The van der Waals surface area contributed by atoms with E-state index in [0.717, 1.165) is 18.2 Å². The van der Waals surface area contributed by atoms with Crippen LogP contribution >= 0.6 is 0 Å². The number of hydrogen-bond donors (Lipinski definition) is 0. The fourth-order valence-corrected chi connectivity index (χ4v) is 2.82. The van der Waals surface area contributed by atoms with Gasteiger partial charge in [0.25, 0.3) is 0 Å². The summed E-state index contributed by atoms with van der Waals surface area (Å²) in [5.41, 5.74) is -0.740. The molecule has 1 aliphatic rings. The number of esters is 1. The fourth-order valence-electron chi connectivity index (χ4n) is 2.82. The van der Waals surface area contributed by atoms with Crippen molar-refractivity contribution >= 4 is 11.8 Å². The van der Waals surface area contributed by atoms with Crippen molar-refractivity contribution in [3.05, 3.63) is 53.5 Å². The number of aromatic nitrogens is 1. The van der Waals surface area contributed by atoms with E-state index in [1.165, 1.54) is 25.4 Å². The van der Waals surface area contributed by atoms with Crippen LogP contribution in [-0.4, -0.2) is 37.3 Å². The van der Waals surface area contributed by atoms with E-state index < -0.39 is 23.5 Å². The lowest BCUT2D eigenvalue weighted by atomic mass is 10.2. The predicted octanol–water partition coefficient (Wildman–Crippen LogP) is 3.68. The van der Waals surface area contributed by atoms with Gasteiger partial charge in [-0.1, -0.05) is 0 Å². The van der Waals surface area contributed by atoms with Crippen molar-refractivity contribution < 1.29 is 31.8 Å². The fraction of sp³-hybridized carbons (Fsp3) is 0.333. The van der Waals surface area contributed by atoms with E-state index in [2.05, 4.69) is 9.72 Å². The highest BCUT2D eigenvalue weighted by Crippen LogP contribution is 2.31. The van der Waals surface area contributed by atoms with Gasteiger partial charge in [0.1, 0.15) is 11.9 Å². The molecule has 0 aliphatic carbocycles. The lowest BCUT2D eigenvalue weighted by Gasteiger charge is -2.19. The number of ether oxygens (including phenoxy) is 2. The summed E-state index contributed by atoms with van der Waals surface area (Å²) in [7, 11) is 1.19. The average Bonchev–Trinajstić information content (AvgIpc) is 3.08. The molecule has 2 heterocycles. The Kier molecular flexibility index (Phi) is 5.20. The molecular weight excluding hydrogens is 368 g/mol. The van der Waals surface area contributed by atoms with Crippen LogP contribution < -0.4 is 9.64 Å². The maximum atomic E-state index is 14.2. The van der Waals surface area contributed by atoms with Crippen LogP contribution in [-0.2, 0) is 10.9 Å². The van der Waals surface area contributed by atoms with Crippen molar-refractivity contribution in [1.29, 1.82) is 0 Å². The number of halogens is 4. The highest BCUT2D eigenvalue weighted by Gasteiger charge is 2.31. The molecule has 0 radical (unpaired) electrons. The molecule has 9 heteroatoms. The van der Waals surface area contributed by atoms with Crippen molar-refractivity contribution in [2.75, 3.05) is 25.1 Å². The number of pyridine rings is 1. The summed E-state index contributed by atoms with van der Waals surface area (Å²) in [4.78, 5) is 17.0. The van der Waals surface area contributed by atoms with Gasteiger partial charge in [0.05, 0.1) is 24.8 Å². The zero-order chi connectivity index (χ0) is 19.6. The third-order valence-corrected chi connectivity index (χ3v) is 4.17. The molecule has 1 aromatic carbocycles. The number of benzene rings is 1. The first-order valence-electron chi connectivity index (χ1n) is 8.10. The Morgan fingerprint density at radius 3 is 2.56 bits per heavy atom. The molecule has 0 spiro atoms. The van der Waals surface area contributed by atoms with Crippen LogP contribution in [0.4, 0.5) is 23.4 Å². The zero-order valence-electron chi connectivity index (χ0n) is 14.3. The molecule has 3 rings (SSSR count). The van der Waals surface area contributed by atoms with Crippen LogP contribution in [0.1, 0.15) is 22.3 Å². The van der Waals surface area contributed by atoms with Crippen LogP contribution in [0.2, 0.25) is 0 Å². The Balaban J connectivity index is 1.64. The molecule has 1 atom stereocenters. The van der Waals surface area contributed by atoms with E-state index >= 15 is 0 Å². The standard InChI is InChI=1S/C18H16F4N2O3/c1-26-17(25)11-8-15(19)16(23-9-11)24-7-6-14(10-24)27-13-4-2-12(3-5-13)18(20,21)22/h2-5,8-9,14H,6-7,10H2,1H3. The summed E-state index contributed by atoms with van der Waals surface area (Å²) >= 11 is 0. The molecule has 0 bridgehead atoms. The zero-order valence-corrected chi connectivity index (χ0v) is 14.3. The molecule has 0 saturated carbocycles. The molecule has 1 saturated heterocycles. The number of rotatable bonds is 4. The number of carbonyl (C=O) groups excluding carboxylic acids is 1. The minimum Gasteiger partial charge on any atom is -0.489 e. The summed E-state index contributed by atoms with van der Waals surface area (Å²) < 4.78 is 62.2. The summed E-state index contributed by atoms with van der Waals surface area (Å²) in [6, 6.07) is 5.48. The quantitative estimate of drug-likeness (QED) is 0.595. The molecule has 0 amide bonds. The topological polar surface area (TPSA) is 51.7 Å². The minimum absolute atomic E-state index is 0.00972. The monoisotopic (exact) mass is 384 g/mol. The Morgan fingerprint density at radius 2 is 1.96 bits per heavy atom. The second-order valence-electron chi connectivity index (χ2n) is 6.02. The molecule has 1 aliphatic heterocycles. The lowest BCUT2D eigenvalue weighted by Crippen LogP contribution is -2.26. The van der Waals surface area contributed by atoms with Gasteiger partial charge in [-0.25, -0.2) is 14.2 Å². The first-order chi connectivity index (χ1) is 12.8. The van der Waals surface area contributed by atoms with Gasteiger partial charge in [-0.3, -0.25) is 0 Å². The molecule has 5 nitrogen and oxygen atoms in total. The van der Waals surface area contributed by atoms with Gasteiger partial charge in [-0.15, -0.1) is 0 Å². The third-order valence-electron chi connectivity index (χ3n) is 4.17. The number of carbonyl (C=O) groups is 1. The highest BCUT2D eigenvalue weighted by atomic mass is 19.4. The molecule has 1 unspecified atom stereocenters. The highest BCUT2D eigenvalue weighted by molar-refractivity contribution is 5.89. The van der Waals surface area contributed by atoms with E-state index in [4.69, 9.17) is 4.74 Å². The van der Waals surface area contributed by atoms with Crippen LogP contribution in [0.3, 0.4) is 0 Å². The molecule has 1 aromatic heterocycles. The van der Waals surface area contributed by atoms with Gasteiger partial charge in [0.2, 0.25) is 0 Å². The van der Waals surface area contributed by atoms with Crippen LogP contribution in [0, 0.1) is 5.82 Å². The maximum absolute atomic E-state index is 14.2. The Labute approximate surface area is 152 Å². The predicted molar refractivity (Wildman–Crippen MR) is 88.2 cm³/mol. The lowest BCUT2D eigenvalue weighted by molar-refractivity contribution is -0.137. The van der Waals surface area contributed by atoms with E-state index in [1.54, 1.807) is 4.90 Å². The Morgan fingerprint density at radius 1 is 1.26 bits per heavy atom. The first-order valence-corrected chi connectivity index (χ1v) is 8.10. The van der Waals surface area contributed by atoms with E-state index in [-0.39, 0.29) is 17.5 Å². The molecule has 0 N–H and O–H groups in total. The Bertz CT molecular complexity index is 824. The number of hydrogen-bond acceptors (Lipinski definition) is 5. The molecular formula is C18H16F4N2O3. The SMILES string of the molecule is COC(=O)c1cnc(N2CCC(Oc3ccc(C(F)(F)F)cc3)C2)c(F)c1. The van der Waals surface area contributed by atoms with Crippen molar-refractivity contribution in [2.45, 2.75) is 18.7 Å². The van der Waals surface area contributed by atoms with E-state index in [9.17, 15) is 22.4 Å². The summed E-state index contributed by atoms with van der Waals surface area (Å²) in [5, 5.41) is 0. The van der Waals surface area contributed by atoms with Crippen molar-refractivity contribution in [2.24, 2.45) is 0 Å². The maximum Gasteiger partial charge on any atom is 0.416 e. The third kappa shape index (κ3) is 4.29. The van der Waals surface area contributed by atoms with Gasteiger partial charge in [-0.2, -0.15) is 13.2 Å². The van der Waals surface area contributed by atoms with Crippen LogP contribution in [0.25, 0.3) is 0 Å². The number of nitrogens with zero attached hydrogens (tertiary/aromatic N) is 2. The van der Waals surface area contributed by atoms with Crippen molar-refractivity contribution in [1.82, 2.24) is 4.98 Å². The summed E-state index contributed by atoms with van der Waals surface area (Å²) in [6.45, 7) is 0.787. The molecule has 144 valence electrons. The average molecular weight is 384 g/mol. The van der Waals surface area contributed by atoms with Gasteiger partial charge in [0.15, 0.2) is 11.6 Å². The second kappa shape index (κ2) is 7.42. The van der Waals surface area contributed by atoms with Crippen LogP contribution in [0.15, 0.2) is 36.5 Å². The van der Waals surface area contributed by atoms with Gasteiger partial charge >= 0.3 is 12.1 Å². The smallest absolute Gasteiger partial charge is 0.416 e. The normalized spacial score (nSPS) is 17.1. The van der Waals surface area contributed by atoms with Gasteiger partial charge in [0, 0.05) is 19.2 Å². The number of alkyl halides is 3. The number of methoxy groups -OCH3 is 1. The molecule has 2 aromatic rings. The minimum atomic E-state index is -4.40. The van der Waals surface area contributed by atoms with E-state index in [1.807, 2.05) is 0 Å². The van der Waals surface area contributed by atoms with Gasteiger partial charge in [-0.05, 0) is 30.3 Å². The number of anilines is 1. The summed E-state index contributed by atoms with van der Waals surface area (Å²) in [6.07, 6.45) is -2.93.